The second-order valence-corrected chi connectivity index (χ2v) is 7.20. The van der Waals surface area contributed by atoms with Crippen LogP contribution in [0.3, 0.4) is 0 Å². The van der Waals surface area contributed by atoms with Crippen molar-refractivity contribution in [2.45, 2.75) is 52.2 Å². The van der Waals surface area contributed by atoms with Crippen molar-refractivity contribution < 1.29 is 9.53 Å². The lowest BCUT2D eigenvalue weighted by Gasteiger charge is -2.42. The van der Waals surface area contributed by atoms with Crippen LogP contribution in [0.1, 0.15) is 40.0 Å². The molecule has 0 atom stereocenters. The van der Waals surface area contributed by atoms with Crippen molar-refractivity contribution in [3.05, 3.63) is 0 Å². The number of ketones is 1. The number of Topliss-reactive ketones (excluding diaryl/α,β-unsaturated/α-hetero) is 1. The van der Waals surface area contributed by atoms with Crippen LogP contribution in [0, 0.1) is 0 Å². The van der Waals surface area contributed by atoms with Crippen LogP contribution >= 0.6 is 0 Å². The summed E-state index contributed by atoms with van der Waals surface area (Å²) in [5, 5.41) is 0. The number of piperidine rings is 1. The van der Waals surface area contributed by atoms with Crippen molar-refractivity contribution in [3.8, 4) is 0 Å². The summed E-state index contributed by atoms with van der Waals surface area (Å²) in [6, 6.07) is 0.719. The van der Waals surface area contributed by atoms with E-state index in [1.54, 1.807) is 0 Å². The van der Waals surface area contributed by atoms with Gasteiger partial charge in [-0.2, -0.15) is 0 Å². The Morgan fingerprint density at radius 3 is 2.26 bits per heavy atom. The molecule has 0 N–H and O–H groups in total. The molecule has 0 radical (unpaired) electrons. The molecular weight excluding hydrogens is 290 g/mol. The first-order valence-corrected chi connectivity index (χ1v) is 9.40. The van der Waals surface area contributed by atoms with Crippen LogP contribution in [-0.4, -0.2) is 91.6 Å². The van der Waals surface area contributed by atoms with E-state index in [1.807, 2.05) is 6.92 Å². The highest BCUT2D eigenvalue weighted by atomic mass is 16.5. The summed E-state index contributed by atoms with van der Waals surface area (Å²) in [7, 11) is 0. The molecule has 0 aromatic carbocycles. The second-order valence-electron chi connectivity index (χ2n) is 7.20. The van der Waals surface area contributed by atoms with Crippen molar-refractivity contribution in [1.82, 2.24) is 14.7 Å². The monoisotopic (exact) mass is 325 g/mol. The summed E-state index contributed by atoms with van der Waals surface area (Å²) in [5.41, 5.74) is 0. The molecule has 0 aromatic heterocycles. The average molecular weight is 325 g/mol. The molecule has 0 aliphatic carbocycles. The highest BCUT2D eigenvalue weighted by molar-refractivity contribution is 5.80. The number of piperazine rings is 1. The number of carbonyl (C=O) groups is 1. The molecule has 0 spiro atoms. The van der Waals surface area contributed by atoms with Gasteiger partial charge >= 0.3 is 0 Å². The predicted molar refractivity (Wildman–Crippen MR) is 93.9 cm³/mol. The van der Waals surface area contributed by atoms with Crippen LogP contribution in [0.2, 0.25) is 0 Å². The van der Waals surface area contributed by atoms with Gasteiger partial charge < -0.3 is 4.74 Å². The quantitative estimate of drug-likeness (QED) is 0.675. The molecule has 2 rings (SSSR count). The topological polar surface area (TPSA) is 36.0 Å². The summed E-state index contributed by atoms with van der Waals surface area (Å²) >= 11 is 0. The van der Waals surface area contributed by atoms with E-state index in [9.17, 15) is 4.79 Å². The summed E-state index contributed by atoms with van der Waals surface area (Å²) in [6.45, 7) is 15.6. The van der Waals surface area contributed by atoms with Gasteiger partial charge in [0.05, 0.1) is 19.3 Å². The summed E-state index contributed by atoms with van der Waals surface area (Å²) < 4.78 is 5.65. The molecule has 5 nitrogen and oxygen atoms in total. The Morgan fingerprint density at radius 2 is 1.70 bits per heavy atom. The van der Waals surface area contributed by atoms with E-state index >= 15 is 0 Å². The van der Waals surface area contributed by atoms with Crippen LogP contribution in [0.4, 0.5) is 0 Å². The van der Waals surface area contributed by atoms with Gasteiger partial charge in [0.25, 0.3) is 0 Å². The highest BCUT2D eigenvalue weighted by Crippen LogP contribution is 2.18. The zero-order chi connectivity index (χ0) is 16.7. The third kappa shape index (κ3) is 6.49. The lowest BCUT2D eigenvalue weighted by molar-refractivity contribution is -0.120. The molecular formula is C18H35N3O2. The Morgan fingerprint density at radius 1 is 1.04 bits per heavy atom. The van der Waals surface area contributed by atoms with Crippen molar-refractivity contribution in [1.29, 1.82) is 0 Å². The predicted octanol–water partition coefficient (Wildman–Crippen LogP) is 1.47. The van der Waals surface area contributed by atoms with Gasteiger partial charge in [0.1, 0.15) is 5.78 Å². The van der Waals surface area contributed by atoms with E-state index in [4.69, 9.17) is 4.74 Å². The number of likely N-dealkylation sites (tertiary alicyclic amines) is 1. The number of hydrogen-bond acceptors (Lipinski definition) is 5. The first-order valence-electron chi connectivity index (χ1n) is 9.40. The standard InChI is InChI=1S/C18H35N3O2/c1-4-18(22)15-20-7-5-17(6-8-20)21-11-9-19(10-12-21)13-14-23-16(2)3/h16-17H,4-15H2,1-3H3. The molecule has 0 amide bonds. The van der Waals surface area contributed by atoms with Gasteiger partial charge in [-0.05, 0) is 26.7 Å². The van der Waals surface area contributed by atoms with Gasteiger partial charge in [-0.1, -0.05) is 6.92 Å². The molecule has 0 aromatic rings. The average Bonchev–Trinajstić information content (AvgIpc) is 2.56. The molecule has 2 aliphatic heterocycles. The third-order valence-electron chi connectivity index (χ3n) is 5.13. The van der Waals surface area contributed by atoms with Gasteiger partial charge in [0.2, 0.25) is 0 Å². The highest BCUT2D eigenvalue weighted by Gasteiger charge is 2.27. The number of nitrogens with zero attached hydrogens (tertiary/aromatic N) is 3. The molecule has 5 heteroatoms. The summed E-state index contributed by atoms with van der Waals surface area (Å²) in [4.78, 5) is 19.1. The van der Waals surface area contributed by atoms with E-state index < -0.39 is 0 Å². The van der Waals surface area contributed by atoms with E-state index in [2.05, 4.69) is 28.5 Å². The fourth-order valence-electron chi connectivity index (χ4n) is 3.57. The Labute approximate surface area is 141 Å². The van der Waals surface area contributed by atoms with E-state index in [-0.39, 0.29) is 0 Å². The Kier molecular flexibility index (Phi) is 7.96. The maximum Gasteiger partial charge on any atom is 0.146 e. The number of carbonyl (C=O) groups excluding carboxylic acids is 1. The molecule has 0 saturated carbocycles. The summed E-state index contributed by atoms with van der Waals surface area (Å²) in [5.74, 6) is 0.376. The van der Waals surface area contributed by atoms with Crippen LogP contribution in [0.5, 0.6) is 0 Å². The molecule has 2 fully saturated rings. The van der Waals surface area contributed by atoms with Crippen LogP contribution < -0.4 is 0 Å². The van der Waals surface area contributed by atoms with E-state index in [1.165, 1.54) is 25.9 Å². The molecule has 2 aliphatic rings. The minimum atomic E-state index is 0.334. The molecule has 2 heterocycles. The smallest absolute Gasteiger partial charge is 0.146 e. The minimum Gasteiger partial charge on any atom is -0.377 e. The largest absolute Gasteiger partial charge is 0.377 e. The lowest BCUT2D eigenvalue weighted by atomic mass is 10.0. The first kappa shape index (κ1) is 18.8. The number of rotatable bonds is 8. The van der Waals surface area contributed by atoms with Gasteiger partial charge in [-0.15, -0.1) is 0 Å². The SMILES string of the molecule is CCC(=O)CN1CCC(N2CCN(CCOC(C)C)CC2)CC1. The van der Waals surface area contributed by atoms with Gasteiger partial charge in [-0.3, -0.25) is 19.5 Å². The minimum absolute atomic E-state index is 0.334. The van der Waals surface area contributed by atoms with E-state index in [0.717, 1.165) is 45.4 Å². The number of ether oxygens (including phenoxy) is 1. The van der Waals surface area contributed by atoms with Crippen LogP contribution in [0.15, 0.2) is 0 Å². The van der Waals surface area contributed by atoms with Crippen molar-refractivity contribution >= 4 is 5.78 Å². The molecule has 0 bridgehead atoms. The third-order valence-corrected chi connectivity index (χ3v) is 5.13. The van der Waals surface area contributed by atoms with Gasteiger partial charge in [0, 0.05) is 58.3 Å². The van der Waals surface area contributed by atoms with Crippen LogP contribution in [0.25, 0.3) is 0 Å². The van der Waals surface area contributed by atoms with Crippen molar-refractivity contribution in [2.24, 2.45) is 0 Å². The number of hydrogen-bond donors (Lipinski definition) is 0. The maximum absolute atomic E-state index is 11.6. The second kappa shape index (κ2) is 9.72. The Balaban J connectivity index is 1.62. The van der Waals surface area contributed by atoms with E-state index in [0.29, 0.717) is 24.9 Å². The first-order chi connectivity index (χ1) is 11.1. The maximum atomic E-state index is 11.6. The molecule has 23 heavy (non-hydrogen) atoms. The molecule has 2 saturated heterocycles. The normalized spacial score (nSPS) is 22.8. The van der Waals surface area contributed by atoms with Gasteiger partial charge in [-0.25, -0.2) is 0 Å². The fourth-order valence-corrected chi connectivity index (χ4v) is 3.57. The Hall–Kier alpha value is -0.490. The molecule has 0 unspecified atom stereocenters. The fraction of sp³-hybridized carbons (Fsp3) is 0.944. The van der Waals surface area contributed by atoms with Crippen molar-refractivity contribution in [2.75, 3.05) is 59.0 Å². The molecule has 134 valence electrons. The van der Waals surface area contributed by atoms with Crippen molar-refractivity contribution in [3.63, 3.8) is 0 Å². The Bertz CT molecular complexity index is 346. The zero-order valence-corrected chi connectivity index (χ0v) is 15.3. The lowest BCUT2D eigenvalue weighted by Crippen LogP contribution is -2.53. The summed E-state index contributed by atoms with van der Waals surface area (Å²) in [6.07, 6.45) is 3.43. The van der Waals surface area contributed by atoms with Crippen LogP contribution in [-0.2, 0) is 9.53 Å². The van der Waals surface area contributed by atoms with Gasteiger partial charge in [0.15, 0.2) is 0 Å². The zero-order valence-electron chi connectivity index (χ0n) is 15.3.